The third kappa shape index (κ3) is 7.36. The lowest BCUT2D eigenvalue weighted by atomic mass is 10.2. The highest BCUT2D eigenvalue weighted by Gasteiger charge is 2.19. The smallest absolute Gasteiger partial charge is 0.193 e. The molecule has 1 fully saturated rings. The molecule has 1 aromatic rings. The first kappa shape index (κ1) is 22.6. The van der Waals surface area contributed by atoms with Gasteiger partial charge in [-0.05, 0) is 40.5 Å². The molecule has 0 saturated carbocycles. The van der Waals surface area contributed by atoms with Crippen molar-refractivity contribution in [1.29, 1.82) is 0 Å². The van der Waals surface area contributed by atoms with Gasteiger partial charge in [-0.3, -0.25) is 9.89 Å². The van der Waals surface area contributed by atoms with Gasteiger partial charge in [0.2, 0.25) is 0 Å². The number of nitrogens with one attached hydrogen (secondary N) is 1. The molecule has 25 heavy (non-hydrogen) atoms. The molecule has 0 aromatic heterocycles. The van der Waals surface area contributed by atoms with E-state index < -0.39 is 0 Å². The van der Waals surface area contributed by atoms with E-state index >= 15 is 0 Å². The molecule has 1 aliphatic heterocycles. The summed E-state index contributed by atoms with van der Waals surface area (Å²) in [5.41, 5.74) is 1.00. The number of nitrogens with zero attached hydrogens (tertiary/aromatic N) is 3. The summed E-state index contributed by atoms with van der Waals surface area (Å²) in [5.74, 6) is 0.717. The summed E-state index contributed by atoms with van der Waals surface area (Å²) in [4.78, 5) is 8.94. The van der Waals surface area contributed by atoms with Gasteiger partial charge in [0.1, 0.15) is 5.82 Å². The summed E-state index contributed by atoms with van der Waals surface area (Å²) in [5, 5.41) is 3.33. The highest BCUT2D eigenvalue weighted by Crippen LogP contribution is 2.18. The minimum Gasteiger partial charge on any atom is -0.380 e. The fourth-order valence-electron chi connectivity index (χ4n) is 2.73. The van der Waals surface area contributed by atoms with E-state index in [0.717, 1.165) is 57.4 Å². The van der Waals surface area contributed by atoms with Crippen LogP contribution in [-0.4, -0.2) is 68.7 Å². The van der Waals surface area contributed by atoms with Crippen LogP contribution < -0.4 is 5.32 Å². The van der Waals surface area contributed by atoms with Crippen molar-refractivity contribution < 1.29 is 9.13 Å². The standard InChI is InChI=1S/C17H26BrFN4O.HI/c1-3-24-11-6-21-17(20-2)23-9-7-22(8-10-23)13-14-4-5-15(18)16(19)12-14;/h4-5,12H,3,6-11,13H2,1-2H3,(H,20,21);1H. The van der Waals surface area contributed by atoms with Crippen molar-refractivity contribution in [3.63, 3.8) is 0 Å². The highest BCUT2D eigenvalue weighted by atomic mass is 127. The predicted octanol–water partition coefficient (Wildman–Crippen LogP) is 2.94. The average molecular weight is 529 g/mol. The zero-order valence-electron chi connectivity index (χ0n) is 14.8. The number of guanidine groups is 1. The van der Waals surface area contributed by atoms with Crippen molar-refractivity contribution in [1.82, 2.24) is 15.1 Å². The fraction of sp³-hybridized carbons (Fsp3) is 0.588. The normalized spacial score (nSPS) is 15.8. The average Bonchev–Trinajstić information content (AvgIpc) is 2.59. The van der Waals surface area contributed by atoms with Crippen LogP contribution in [0.25, 0.3) is 0 Å². The molecule has 1 N–H and O–H groups in total. The van der Waals surface area contributed by atoms with Gasteiger partial charge in [-0.25, -0.2) is 4.39 Å². The second-order valence-electron chi connectivity index (χ2n) is 5.68. The fourth-order valence-corrected chi connectivity index (χ4v) is 2.97. The van der Waals surface area contributed by atoms with Crippen molar-refractivity contribution in [3.8, 4) is 0 Å². The van der Waals surface area contributed by atoms with Gasteiger partial charge >= 0.3 is 0 Å². The summed E-state index contributed by atoms with van der Waals surface area (Å²) >= 11 is 3.19. The largest absolute Gasteiger partial charge is 0.380 e. The molecule has 0 aliphatic carbocycles. The number of aliphatic imine (C=N–C) groups is 1. The van der Waals surface area contributed by atoms with Crippen molar-refractivity contribution >= 4 is 45.9 Å². The Labute approximate surface area is 175 Å². The van der Waals surface area contributed by atoms with Crippen LogP contribution in [0.4, 0.5) is 4.39 Å². The zero-order valence-corrected chi connectivity index (χ0v) is 18.7. The maximum Gasteiger partial charge on any atom is 0.193 e. The van der Waals surface area contributed by atoms with Crippen LogP contribution in [-0.2, 0) is 11.3 Å². The molecule has 0 atom stereocenters. The van der Waals surface area contributed by atoms with Crippen molar-refractivity contribution in [3.05, 3.63) is 34.1 Å². The summed E-state index contributed by atoms with van der Waals surface area (Å²) in [6.45, 7) is 8.63. The van der Waals surface area contributed by atoms with E-state index in [2.05, 4.69) is 36.0 Å². The second kappa shape index (κ2) is 12.0. The van der Waals surface area contributed by atoms with E-state index in [9.17, 15) is 4.39 Å². The van der Waals surface area contributed by atoms with Gasteiger partial charge in [0, 0.05) is 52.9 Å². The lowest BCUT2D eigenvalue weighted by Gasteiger charge is -2.36. The molecule has 0 bridgehead atoms. The van der Waals surface area contributed by atoms with Crippen LogP contribution in [0.5, 0.6) is 0 Å². The van der Waals surface area contributed by atoms with Crippen LogP contribution in [0.1, 0.15) is 12.5 Å². The number of ether oxygens (including phenoxy) is 1. The van der Waals surface area contributed by atoms with Gasteiger partial charge in [-0.2, -0.15) is 0 Å². The Kier molecular flexibility index (Phi) is 10.9. The molecular weight excluding hydrogens is 502 g/mol. The molecule has 0 amide bonds. The summed E-state index contributed by atoms with van der Waals surface area (Å²) in [7, 11) is 1.81. The zero-order chi connectivity index (χ0) is 17.4. The third-order valence-corrected chi connectivity index (χ3v) is 4.65. The monoisotopic (exact) mass is 528 g/mol. The summed E-state index contributed by atoms with van der Waals surface area (Å²) in [6.07, 6.45) is 0. The number of hydrogen-bond donors (Lipinski definition) is 1. The molecule has 1 heterocycles. The topological polar surface area (TPSA) is 40.1 Å². The van der Waals surface area contributed by atoms with Gasteiger partial charge < -0.3 is 15.0 Å². The van der Waals surface area contributed by atoms with Crippen molar-refractivity contribution in [2.24, 2.45) is 4.99 Å². The molecule has 5 nitrogen and oxygen atoms in total. The lowest BCUT2D eigenvalue weighted by Crippen LogP contribution is -2.52. The Morgan fingerprint density at radius 3 is 2.64 bits per heavy atom. The highest BCUT2D eigenvalue weighted by molar-refractivity contribution is 14.0. The van der Waals surface area contributed by atoms with E-state index in [4.69, 9.17) is 4.74 Å². The van der Waals surface area contributed by atoms with E-state index in [1.165, 1.54) is 0 Å². The minimum atomic E-state index is -0.204. The number of benzene rings is 1. The second-order valence-corrected chi connectivity index (χ2v) is 6.54. The van der Waals surface area contributed by atoms with Crippen LogP contribution >= 0.6 is 39.9 Å². The Morgan fingerprint density at radius 2 is 2.04 bits per heavy atom. The summed E-state index contributed by atoms with van der Waals surface area (Å²) < 4.78 is 19.5. The first-order valence-corrected chi connectivity index (χ1v) is 9.13. The number of hydrogen-bond acceptors (Lipinski definition) is 3. The molecule has 2 rings (SSSR count). The van der Waals surface area contributed by atoms with Gasteiger partial charge in [-0.15, -0.1) is 24.0 Å². The summed E-state index contributed by atoms with van der Waals surface area (Å²) in [6, 6.07) is 5.34. The third-order valence-electron chi connectivity index (χ3n) is 4.01. The Balaban J connectivity index is 0.00000312. The van der Waals surface area contributed by atoms with Crippen LogP contribution in [0.15, 0.2) is 27.7 Å². The quantitative estimate of drug-likeness (QED) is 0.267. The van der Waals surface area contributed by atoms with Crippen LogP contribution in [0.3, 0.4) is 0 Å². The maximum absolute atomic E-state index is 13.6. The van der Waals surface area contributed by atoms with Crippen molar-refractivity contribution in [2.45, 2.75) is 13.5 Å². The van der Waals surface area contributed by atoms with Gasteiger partial charge in [0.25, 0.3) is 0 Å². The number of halogens is 3. The first-order chi connectivity index (χ1) is 11.6. The number of rotatable bonds is 6. The van der Waals surface area contributed by atoms with Gasteiger partial charge in [0.15, 0.2) is 5.96 Å². The predicted molar refractivity (Wildman–Crippen MR) is 114 cm³/mol. The van der Waals surface area contributed by atoms with E-state index in [1.807, 2.05) is 13.0 Å². The molecule has 0 spiro atoms. The van der Waals surface area contributed by atoms with E-state index in [-0.39, 0.29) is 29.8 Å². The molecule has 8 heteroatoms. The minimum absolute atomic E-state index is 0. The lowest BCUT2D eigenvalue weighted by molar-refractivity contribution is 0.149. The van der Waals surface area contributed by atoms with Crippen molar-refractivity contribution in [2.75, 3.05) is 53.0 Å². The molecule has 142 valence electrons. The molecule has 1 saturated heterocycles. The first-order valence-electron chi connectivity index (χ1n) is 8.33. The Morgan fingerprint density at radius 1 is 1.32 bits per heavy atom. The van der Waals surface area contributed by atoms with Crippen LogP contribution in [0, 0.1) is 5.82 Å². The number of piperazine rings is 1. The molecule has 0 unspecified atom stereocenters. The Bertz CT molecular complexity index is 553. The molecule has 1 aromatic carbocycles. The van der Waals surface area contributed by atoms with E-state index in [0.29, 0.717) is 11.1 Å². The Hall–Kier alpha value is -0.450. The maximum atomic E-state index is 13.6. The van der Waals surface area contributed by atoms with Gasteiger partial charge in [-0.1, -0.05) is 6.07 Å². The van der Waals surface area contributed by atoms with Gasteiger partial charge in [0.05, 0.1) is 11.1 Å². The molecule has 0 radical (unpaired) electrons. The van der Waals surface area contributed by atoms with Crippen LogP contribution in [0.2, 0.25) is 0 Å². The molecule has 1 aliphatic rings. The SMILES string of the molecule is CCOCCNC(=NC)N1CCN(Cc2ccc(Br)c(F)c2)CC1.I. The molecular formula is C17H27BrFIN4O. The van der Waals surface area contributed by atoms with E-state index in [1.54, 1.807) is 19.2 Å².